The lowest BCUT2D eigenvalue weighted by Gasteiger charge is -2.12. The van der Waals surface area contributed by atoms with Crippen LogP contribution in [0.2, 0.25) is 0 Å². The van der Waals surface area contributed by atoms with Crippen LogP contribution in [0.3, 0.4) is 0 Å². The molecule has 0 fully saturated rings. The number of phenols is 1. The highest BCUT2D eigenvalue weighted by molar-refractivity contribution is 5.47. The first-order valence-corrected chi connectivity index (χ1v) is 4.86. The average Bonchev–Trinajstić information content (AvgIpc) is 2.23. The van der Waals surface area contributed by atoms with Crippen molar-refractivity contribution >= 4 is 0 Å². The summed E-state index contributed by atoms with van der Waals surface area (Å²) in [6.45, 7) is 2.20. The van der Waals surface area contributed by atoms with E-state index in [1.807, 2.05) is 0 Å². The molecule has 3 N–H and O–H groups in total. The maximum absolute atomic E-state index is 13.5. The minimum Gasteiger partial charge on any atom is -0.505 e. The highest BCUT2D eigenvalue weighted by Gasteiger charge is 2.15. The third-order valence-electron chi connectivity index (χ3n) is 2.32. The first-order chi connectivity index (χ1) is 7.11. The van der Waals surface area contributed by atoms with Crippen LogP contribution in [0.15, 0.2) is 6.07 Å². The van der Waals surface area contributed by atoms with Gasteiger partial charge in [-0.05, 0) is 43.5 Å². The maximum Gasteiger partial charge on any atom is 0.207 e. The van der Waals surface area contributed by atoms with Gasteiger partial charge in [-0.25, -0.2) is 0 Å². The van der Waals surface area contributed by atoms with Gasteiger partial charge in [-0.2, -0.15) is 4.39 Å². The molecule has 3 nitrogen and oxygen atoms in total. The normalized spacial score (nSPS) is 10.4. The molecular weight excluding hydrogens is 197 g/mol. The molecule has 0 unspecified atom stereocenters. The van der Waals surface area contributed by atoms with Crippen LogP contribution in [0, 0.1) is 12.7 Å². The fourth-order valence-corrected chi connectivity index (χ4v) is 1.52. The Bertz CT molecular complexity index is 353. The molecule has 0 bridgehead atoms. The van der Waals surface area contributed by atoms with E-state index in [0.717, 1.165) is 12.0 Å². The van der Waals surface area contributed by atoms with Gasteiger partial charge in [-0.15, -0.1) is 0 Å². The standard InChI is InChI=1S/C11H16FNO2/c1-7-6-8(4-3-5-13)11(15-2)9(12)10(7)14/h6,14H,3-5,13H2,1-2H3. The van der Waals surface area contributed by atoms with Crippen molar-refractivity contribution in [2.24, 2.45) is 5.73 Å². The van der Waals surface area contributed by atoms with E-state index in [1.165, 1.54) is 7.11 Å². The summed E-state index contributed by atoms with van der Waals surface area (Å²) in [5, 5.41) is 9.39. The molecule has 0 aliphatic heterocycles. The molecule has 4 heteroatoms. The zero-order valence-electron chi connectivity index (χ0n) is 9.01. The summed E-state index contributed by atoms with van der Waals surface area (Å²) in [7, 11) is 1.39. The molecule has 0 atom stereocenters. The second-order valence-electron chi connectivity index (χ2n) is 3.44. The lowest BCUT2D eigenvalue weighted by molar-refractivity contribution is 0.358. The molecule has 0 heterocycles. The molecule has 1 aromatic carbocycles. The number of nitrogens with two attached hydrogens (primary N) is 1. The number of halogens is 1. The second kappa shape index (κ2) is 4.98. The molecule has 1 aromatic rings. The number of aryl methyl sites for hydroxylation is 2. The Balaban J connectivity index is 3.13. The van der Waals surface area contributed by atoms with Gasteiger partial charge in [0.05, 0.1) is 7.11 Å². The minimum absolute atomic E-state index is 0.117. The fraction of sp³-hybridized carbons (Fsp3) is 0.455. The number of phenolic OH excluding ortho intramolecular Hbond substituents is 1. The van der Waals surface area contributed by atoms with Crippen LogP contribution in [-0.2, 0) is 6.42 Å². The molecule has 84 valence electrons. The van der Waals surface area contributed by atoms with E-state index in [2.05, 4.69) is 0 Å². The van der Waals surface area contributed by atoms with E-state index < -0.39 is 5.82 Å². The fourth-order valence-electron chi connectivity index (χ4n) is 1.52. The molecule has 0 saturated heterocycles. The zero-order valence-corrected chi connectivity index (χ0v) is 9.01. The van der Waals surface area contributed by atoms with Gasteiger partial charge in [-0.1, -0.05) is 0 Å². The van der Waals surface area contributed by atoms with Gasteiger partial charge in [0.1, 0.15) is 0 Å². The van der Waals surface area contributed by atoms with Crippen LogP contribution in [0.5, 0.6) is 11.5 Å². The van der Waals surface area contributed by atoms with E-state index in [-0.39, 0.29) is 11.5 Å². The number of ether oxygens (including phenoxy) is 1. The highest BCUT2D eigenvalue weighted by Crippen LogP contribution is 2.33. The van der Waals surface area contributed by atoms with Crippen molar-refractivity contribution in [1.82, 2.24) is 0 Å². The molecule has 0 aromatic heterocycles. The van der Waals surface area contributed by atoms with E-state index in [1.54, 1.807) is 13.0 Å². The van der Waals surface area contributed by atoms with Gasteiger partial charge in [0.2, 0.25) is 5.82 Å². The van der Waals surface area contributed by atoms with Crippen LogP contribution in [0.1, 0.15) is 17.5 Å². The van der Waals surface area contributed by atoms with Gasteiger partial charge < -0.3 is 15.6 Å². The first-order valence-electron chi connectivity index (χ1n) is 4.86. The van der Waals surface area contributed by atoms with Gasteiger partial charge >= 0.3 is 0 Å². The van der Waals surface area contributed by atoms with Gasteiger partial charge in [0.25, 0.3) is 0 Å². The van der Waals surface area contributed by atoms with Crippen LogP contribution >= 0.6 is 0 Å². The number of aromatic hydroxyl groups is 1. The molecule has 0 saturated carbocycles. The van der Waals surface area contributed by atoms with Crippen LogP contribution in [0.4, 0.5) is 4.39 Å². The van der Waals surface area contributed by atoms with Crippen LogP contribution in [-0.4, -0.2) is 18.8 Å². The Morgan fingerprint density at radius 2 is 2.20 bits per heavy atom. The Hall–Kier alpha value is -1.29. The third kappa shape index (κ3) is 2.39. The highest BCUT2D eigenvalue weighted by atomic mass is 19.1. The van der Waals surface area contributed by atoms with Crippen molar-refractivity contribution in [3.8, 4) is 11.5 Å². The summed E-state index contributed by atoms with van der Waals surface area (Å²) in [6, 6.07) is 1.73. The predicted octanol–water partition coefficient (Wildman–Crippen LogP) is 1.74. The van der Waals surface area contributed by atoms with Gasteiger partial charge in [0.15, 0.2) is 11.5 Å². The van der Waals surface area contributed by atoms with Crippen molar-refractivity contribution in [2.75, 3.05) is 13.7 Å². The Morgan fingerprint density at radius 1 is 1.53 bits per heavy atom. The average molecular weight is 213 g/mol. The lowest BCUT2D eigenvalue weighted by atomic mass is 10.0. The van der Waals surface area contributed by atoms with Gasteiger partial charge in [0, 0.05) is 0 Å². The number of benzene rings is 1. The molecule has 0 amide bonds. The van der Waals surface area contributed by atoms with E-state index in [4.69, 9.17) is 10.5 Å². The summed E-state index contributed by atoms with van der Waals surface area (Å²) < 4.78 is 18.5. The van der Waals surface area contributed by atoms with Crippen molar-refractivity contribution in [3.63, 3.8) is 0 Å². The summed E-state index contributed by atoms with van der Waals surface area (Å²) in [4.78, 5) is 0. The number of methoxy groups -OCH3 is 1. The van der Waals surface area contributed by atoms with Crippen molar-refractivity contribution < 1.29 is 14.2 Å². The van der Waals surface area contributed by atoms with Crippen LogP contribution < -0.4 is 10.5 Å². The van der Waals surface area contributed by atoms with Crippen LogP contribution in [0.25, 0.3) is 0 Å². The molecule has 0 spiro atoms. The summed E-state index contributed by atoms with van der Waals surface area (Å²) in [5.41, 5.74) is 6.65. The minimum atomic E-state index is -0.690. The summed E-state index contributed by atoms with van der Waals surface area (Å²) in [6.07, 6.45) is 1.41. The lowest BCUT2D eigenvalue weighted by Crippen LogP contribution is -2.03. The van der Waals surface area contributed by atoms with E-state index in [0.29, 0.717) is 18.5 Å². The largest absolute Gasteiger partial charge is 0.505 e. The number of hydrogen-bond acceptors (Lipinski definition) is 3. The third-order valence-corrected chi connectivity index (χ3v) is 2.32. The monoisotopic (exact) mass is 213 g/mol. The Kier molecular flexibility index (Phi) is 3.91. The summed E-state index contributed by atoms with van der Waals surface area (Å²) in [5.74, 6) is -0.917. The smallest absolute Gasteiger partial charge is 0.207 e. The quantitative estimate of drug-likeness (QED) is 0.801. The van der Waals surface area contributed by atoms with Crippen molar-refractivity contribution in [2.45, 2.75) is 19.8 Å². The number of hydrogen-bond donors (Lipinski definition) is 2. The zero-order chi connectivity index (χ0) is 11.4. The van der Waals surface area contributed by atoms with E-state index >= 15 is 0 Å². The maximum atomic E-state index is 13.5. The molecule has 1 rings (SSSR count). The molecule has 0 aliphatic carbocycles. The molecule has 15 heavy (non-hydrogen) atoms. The summed E-state index contributed by atoms with van der Waals surface area (Å²) >= 11 is 0. The van der Waals surface area contributed by atoms with Crippen molar-refractivity contribution in [3.05, 3.63) is 23.0 Å². The molecule has 0 aliphatic rings. The topological polar surface area (TPSA) is 55.5 Å². The van der Waals surface area contributed by atoms with Gasteiger partial charge in [-0.3, -0.25) is 0 Å². The number of rotatable bonds is 4. The Morgan fingerprint density at radius 3 is 2.73 bits per heavy atom. The molecule has 0 radical (unpaired) electrons. The predicted molar refractivity (Wildman–Crippen MR) is 56.7 cm³/mol. The SMILES string of the molecule is COc1c(CCCN)cc(C)c(O)c1F. The second-order valence-corrected chi connectivity index (χ2v) is 3.44. The Labute approximate surface area is 88.7 Å². The molecular formula is C11H16FNO2. The first kappa shape index (κ1) is 11.8. The van der Waals surface area contributed by atoms with Crippen molar-refractivity contribution in [1.29, 1.82) is 0 Å². The van der Waals surface area contributed by atoms with E-state index in [9.17, 15) is 9.50 Å².